The van der Waals surface area contributed by atoms with E-state index in [9.17, 15) is 9.59 Å². The number of piperidine rings is 1. The lowest BCUT2D eigenvalue weighted by atomic mass is 9.92. The lowest BCUT2D eigenvalue weighted by Gasteiger charge is -2.35. The highest BCUT2D eigenvalue weighted by atomic mass is 16.6. The molecule has 0 radical (unpaired) electrons. The minimum atomic E-state index is -0.505. The first-order valence-electron chi connectivity index (χ1n) is 7.53. The maximum atomic E-state index is 11.8. The molecule has 1 saturated heterocycles. The maximum absolute atomic E-state index is 11.8. The molecule has 2 atom stereocenters. The van der Waals surface area contributed by atoms with Gasteiger partial charge in [-0.05, 0) is 47.1 Å². The summed E-state index contributed by atoms with van der Waals surface area (Å²) < 4.78 is 10.3. The van der Waals surface area contributed by atoms with Gasteiger partial charge >= 0.3 is 12.1 Å². The molecule has 1 heterocycles. The Morgan fingerprint density at radius 3 is 2.52 bits per heavy atom. The fourth-order valence-electron chi connectivity index (χ4n) is 2.63. The second-order valence-electron chi connectivity index (χ2n) is 6.68. The van der Waals surface area contributed by atoms with Crippen LogP contribution in [0, 0.1) is 5.92 Å². The van der Waals surface area contributed by atoms with Crippen LogP contribution >= 0.6 is 0 Å². The molecule has 1 fully saturated rings. The number of rotatable bonds is 4. The van der Waals surface area contributed by atoms with Crippen LogP contribution in [-0.2, 0) is 14.3 Å². The van der Waals surface area contributed by atoms with Gasteiger partial charge in [0.1, 0.15) is 5.60 Å². The number of carbonyl (C=O) groups is 2. The zero-order valence-corrected chi connectivity index (χ0v) is 13.8. The van der Waals surface area contributed by atoms with Crippen molar-refractivity contribution in [1.29, 1.82) is 0 Å². The van der Waals surface area contributed by atoms with Gasteiger partial charge in [0.25, 0.3) is 0 Å². The first-order valence-corrected chi connectivity index (χ1v) is 7.53. The Hall–Kier alpha value is -1.30. The Morgan fingerprint density at radius 2 is 1.95 bits per heavy atom. The van der Waals surface area contributed by atoms with Crippen molar-refractivity contribution in [3.63, 3.8) is 0 Å². The van der Waals surface area contributed by atoms with Crippen molar-refractivity contribution < 1.29 is 19.1 Å². The summed E-state index contributed by atoms with van der Waals surface area (Å²) in [5.74, 6) is 0.0246. The molecule has 1 amide bonds. The fraction of sp³-hybridized carbons (Fsp3) is 0.867. The van der Waals surface area contributed by atoms with Gasteiger partial charge in [0, 0.05) is 25.6 Å². The standard InChI is InChI=1S/C15H28N2O4/c1-6-20-13(18)8-11-7-12(10-17(5)9-11)16-14(19)21-15(2,3)4/h11-12H,6-10H2,1-5H3,(H,16,19). The van der Waals surface area contributed by atoms with Crippen LogP contribution in [0.1, 0.15) is 40.5 Å². The minimum absolute atomic E-state index is 0.00183. The third-order valence-corrected chi connectivity index (χ3v) is 3.20. The van der Waals surface area contributed by atoms with Crippen LogP contribution < -0.4 is 5.32 Å². The number of nitrogens with one attached hydrogen (secondary N) is 1. The first kappa shape index (κ1) is 17.8. The number of nitrogens with zero attached hydrogens (tertiary/aromatic N) is 1. The minimum Gasteiger partial charge on any atom is -0.466 e. The van der Waals surface area contributed by atoms with Crippen molar-refractivity contribution in [2.75, 3.05) is 26.7 Å². The molecule has 0 bridgehead atoms. The van der Waals surface area contributed by atoms with Crippen LogP contribution in [0.25, 0.3) is 0 Å². The number of likely N-dealkylation sites (N-methyl/N-ethyl adjacent to an activating group) is 1. The molecule has 2 unspecified atom stereocenters. The number of carbonyl (C=O) groups excluding carboxylic acids is 2. The van der Waals surface area contributed by atoms with Gasteiger partial charge in [-0.1, -0.05) is 0 Å². The quantitative estimate of drug-likeness (QED) is 0.802. The van der Waals surface area contributed by atoms with E-state index >= 15 is 0 Å². The van der Waals surface area contributed by atoms with Crippen LogP contribution in [0.5, 0.6) is 0 Å². The molecular weight excluding hydrogens is 272 g/mol. The van der Waals surface area contributed by atoms with E-state index in [2.05, 4.69) is 10.2 Å². The highest BCUT2D eigenvalue weighted by Gasteiger charge is 2.29. The first-order chi connectivity index (χ1) is 9.69. The molecule has 0 aromatic heterocycles. The zero-order chi connectivity index (χ0) is 16.0. The van der Waals surface area contributed by atoms with E-state index in [1.807, 2.05) is 27.8 Å². The molecule has 0 aromatic carbocycles. The smallest absolute Gasteiger partial charge is 0.407 e. The molecule has 0 saturated carbocycles. The van der Waals surface area contributed by atoms with Crippen molar-refractivity contribution in [2.24, 2.45) is 5.92 Å². The molecule has 1 N–H and O–H groups in total. The van der Waals surface area contributed by atoms with E-state index in [0.717, 1.165) is 19.5 Å². The van der Waals surface area contributed by atoms with E-state index in [-0.39, 0.29) is 17.9 Å². The number of hydrogen-bond acceptors (Lipinski definition) is 5. The molecule has 1 aliphatic rings. The predicted octanol–water partition coefficient (Wildman–Crippen LogP) is 1.78. The monoisotopic (exact) mass is 300 g/mol. The normalized spacial score (nSPS) is 23.5. The average Bonchev–Trinajstić information content (AvgIpc) is 2.24. The number of likely N-dealkylation sites (tertiary alicyclic amines) is 1. The van der Waals surface area contributed by atoms with Crippen molar-refractivity contribution >= 4 is 12.1 Å². The largest absolute Gasteiger partial charge is 0.466 e. The van der Waals surface area contributed by atoms with Gasteiger partial charge in [-0.3, -0.25) is 4.79 Å². The van der Waals surface area contributed by atoms with Gasteiger partial charge in [0.15, 0.2) is 0 Å². The summed E-state index contributed by atoms with van der Waals surface area (Å²) in [6, 6.07) is -0.00183. The molecule has 6 nitrogen and oxygen atoms in total. The van der Waals surface area contributed by atoms with Crippen molar-refractivity contribution in [3.05, 3.63) is 0 Å². The zero-order valence-electron chi connectivity index (χ0n) is 13.8. The van der Waals surface area contributed by atoms with Gasteiger partial charge in [0.05, 0.1) is 6.61 Å². The molecule has 6 heteroatoms. The van der Waals surface area contributed by atoms with Crippen LogP contribution in [-0.4, -0.2) is 55.3 Å². The fourth-order valence-corrected chi connectivity index (χ4v) is 2.63. The van der Waals surface area contributed by atoms with Gasteiger partial charge in [-0.25, -0.2) is 4.79 Å². The summed E-state index contributed by atoms with van der Waals surface area (Å²) in [6.07, 6.45) is 0.755. The van der Waals surface area contributed by atoms with Crippen molar-refractivity contribution in [1.82, 2.24) is 10.2 Å². The van der Waals surface area contributed by atoms with Gasteiger partial charge in [-0.2, -0.15) is 0 Å². The highest BCUT2D eigenvalue weighted by molar-refractivity contribution is 5.70. The van der Waals surface area contributed by atoms with E-state index < -0.39 is 11.7 Å². The third-order valence-electron chi connectivity index (χ3n) is 3.20. The summed E-state index contributed by atoms with van der Waals surface area (Å²) >= 11 is 0. The molecular formula is C15H28N2O4. The summed E-state index contributed by atoms with van der Waals surface area (Å²) in [6.45, 7) is 9.32. The Morgan fingerprint density at radius 1 is 1.29 bits per heavy atom. The Bertz CT molecular complexity index is 365. The van der Waals surface area contributed by atoms with Crippen LogP contribution in [0.3, 0.4) is 0 Å². The number of amides is 1. The summed E-state index contributed by atoms with van der Waals surface area (Å²) in [4.78, 5) is 25.5. The van der Waals surface area contributed by atoms with Gasteiger partial charge in [-0.15, -0.1) is 0 Å². The van der Waals surface area contributed by atoms with E-state index in [0.29, 0.717) is 13.0 Å². The van der Waals surface area contributed by atoms with E-state index in [4.69, 9.17) is 9.47 Å². The molecule has 1 rings (SSSR count). The molecule has 0 spiro atoms. The predicted molar refractivity (Wildman–Crippen MR) is 80.0 cm³/mol. The van der Waals surface area contributed by atoms with Crippen molar-refractivity contribution in [3.8, 4) is 0 Å². The van der Waals surface area contributed by atoms with E-state index in [1.165, 1.54) is 0 Å². The average molecular weight is 300 g/mol. The summed E-state index contributed by atoms with van der Waals surface area (Å²) in [7, 11) is 1.99. The van der Waals surface area contributed by atoms with Crippen molar-refractivity contribution in [2.45, 2.75) is 52.2 Å². The maximum Gasteiger partial charge on any atom is 0.407 e. The van der Waals surface area contributed by atoms with Gasteiger partial charge < -0.3 is 19.7 Å². The second-order valence-corrected chi connectivity index (χ2v) is 6.68. The molecule has 122 valence electrons. The molecule has 0 aliphatic carbocycles. The second kappa shape index (κ2) is 7.64. The van der Waals surface area contributed by atoms with Crippen LogP contribution in [0.15, 0.2) is 0 Å². The summed E-state index contributed by atoms with van der Waals surface area (Å²) in [5.41, 5.74) is -0.505. The molecule has 21 heavy (non-hydrogen) atoms. The third kappa shape index (κ3) is 7.32. The summed E-state index contributed by atoms with van der Waals surface area (Å²) in [5, 5.41) is 2.89. The highest BCUT2D eigenvalue weighted by Crippen LogP contribution is 2.20. The van der Waals surface area contributed by atoms with Gasteiger partial charge in [0.2, 0.25) is 0 Å². The SMILES string of the molecule is CCOC(=O)CC1CC(NC(=O)OC(C)(C)C)CN(C)C1. The molecule has 1 aliphatic heterocycles. The Balaban J connectivity index is 2.48. The molecule has 0 aromatic rings. The number of alkyl carbamates (subject to hydrolysis) is 1. The van der Waals surface area contributed by atoms with Crippen LogP contribution in [0.2, 0.25) is 0 Å². The number of esters is 1. The van der Waals surface area contributed by atoms with Crippen LogP contribution in [0.4, 0.5) is 4.79 Å². The lowest BCUT2D eigenvalue weighted by molar-refractivity contribution is -0.144. The Kier molecular flexibility index (Phi) is 6.45. The lowest BCUT2D eigenvalue weighted by Crippen LogP contribution is -2.50. The number of ether oxygens (including phenoxy) is 2. The number of hydrogen-bond donors (Lipinski definition) is 1. The topological polar surface area (TPSA) is 67.9 Å². The van der Waals surface area contributed by atoms with E-state index in [1.54, 1.807) is 6.92 Å². The Labute approximate surface area is 127 Å².